The highest BCUT2D eigenvalue weighted by atomic mass is 19.4. The predicted molar refractivity (Wildman–Crippen MR) is 94.7 cm³/mol. The molecular weight excluding hydrogens is 369 g/mol. The maximum atomic E-state index is 13.0. The Morgan fingerprint density at radius 1 is 1.00 bits per heavy atom. The lowest BCUT2D eigenvalue weighted by Gasteiger charge is -2.21. The molecule has 4 nitrogen and oxygen atoms in total. The van der Waals surface area contributed by atoms with Gasteiger partial charge >= 0.3 is 6.18 Å². The molecule has 0 atom stereocenters. The average molecular weight is 384 g/mol. The number of nitrogens with zero attached hydrogens (tertiary/aromatic N) is 2. The molecule has 1 aromatic carbocycles. The molecule has 0 amide bonds. The molecule has 2 aromatic rings. The molecule has 1 aliphatic carbocycles. The molecule has 0 N–H and O–H groups in total. The molecule has 0 aliphatic heterocycles. The smallest absolute Gasteiger partial charge is 0.289 e. The minimum Gasteiger partial charge on any atom is -0.289 e. The zero-order valence-corrected chi connectivity index (χ0v) is 14.9. The summed E-state index contributed by atoms with van der Waals surface area (Å²) in [5.41, 5.74) is -0.565. The van der Waals surface area contributed by atoms with Crippen molar-refractivity contribution in [3.8, 4) is 6.07 Å². The van der Waals surface area contributed by atoms with Crippen LogP contribution < -0.4 is 0 Å². The lowest BCUT2D eigenvalue weighted by Crippen LogP contribution is -2.23. The number of carbonyl (C=O) groups is 2. The standard InChI is InChI=1S/C21H15F3N2O2/c1-2-5-13-16(20(28)15-7-4-3-6-14(15)19(13)27)10-12-8-9-17(21(22,23)24)18(11-25)26-12/h3-4,6-9H,2,5,10H2,1H3. The normalized spacial score (nSPS) is 14.1. The van der Waals surface area contributed by atoms with E-state index >= 15 is 0 Å². The second kappa shape index (κ2) is 7.39. The molecule has 3 rings (SSSR count). The van der Waals surface area contributed by atoms with Gasteiger partial charge in [-0.25, -0.2) is 4.98 Å². The number of hydrogen-bond donors (Lipinski definition) is 0. The van der Waals surface area contributed by atoms with E-state index in [-0.39, 0.29) is 34.8 Å². The van der Waals surface area contributed by atoms with Crippen LogP contribution in [0.2, 0.25) is 0 Å². The van der Waals surface area contributed by atoms with E-state index in [4.69, 9.17) is 5.26 Å². The van der Waals surface area contributed by atoms with E-state index in [9.17, 15) is 22.8 Å². The fraction of sp³-hybridized carbons (Fsp3) is 0.238. The third-order valence-electron chi connectivity index (χ3n) is 4.55. The number of aromatic nitrogens is 1. The summed E-state index contributed by atoms with van der Waals surface area (Å²) in [7, 11) is 0. The Morgan fingerprint density at radius 2 is 1.61 bits per heavy atom. The number of alkyl halides is 3. The van der Waals surface area contributed by atoms with Crippen LogP contribution in [0.3, 0.4) is 0 Å². The zero-order valence-electron chi connectivity index (χ0n) is 14.9. The third kappa shape index (κ3) is 3.46. The number of hydrogen-bond acceptors (Lipinski definition) is 4. The van der Waals surface area contributed by atoms with Crippen molar-refractivity contribution in [1.82, 2.24) is 4.98 Å². The Balaban J connectivity index is 2.07. The van der Waals surface area contributed by atoms with E-state index in [0.29, 0.717) is 24.0 Å². The number of fused-ring (bicyclic) bond motifs is 1. The molecule has 0 spiro atoms. The topological polar surface area (TPSA) is 70.8 Å². The summed E-state index contributed by atoms with van der Waals surface area (Å²) < 4.78 is 38.9. The number of ketones is 2. The van der Waals surface area contributed by atoms with E-state index in [1.165, 1.54) is 6.07 Å². The van der Waals surface area contributed by atoms with Crippen molar-refractivity contribution in [2.75, 3.05) is 0 Å². The van der Waals surface area contributed by atoms with Crippen molar-refractivity contribution in [2.24, 2.45) is 0 Å². The van der Waals surface area contributed by atoms with Gasteiger partial charge in [0.2, 0.25) is 0 Å². The van der Waals surface area contributed by atoms with E-state index < -0.39 is 17.4 Å². The van der Waals surface area contributed by atoms with Crippen LogP contribution in [0.4, 0.5) is 13.2 Å². The van der Waals surface area contributed by atoms with Gasteiger partial charge in [0, 0.05) is 34.4 Å². The van der Waals surface area contributed by atoms with Crippen molar-refractivity contribution < 1.29 is 22.8 Å². The summed E-state index contributed by atoms with van der Waals surface area (Å²) in [5, 5.41) is 9.03. The van der Waals surface area contributed by atoms with E-state index in [1.54, 1.807) is 24.3 Å². The van der Waals surface area contributed by atoms with Crippen molar-refractivity contribution >= 4 is 11.6 Å². The van der Waals surface area contributed by atoms with Crippen LogP contribution in [0.15, 0.2) is 47.5 Å². The van der Waals surface area contributed by atoms with Crippen LogP contribution in [-0.2, 0) is 12.6 Å². The van der Waals surface area contributed by atoms with Gasteiger partial charge in [-0.1, -0.05) is 37.6 Å². The van der Waals surface area contributed by atoms with Gasteiger partial charge in [0.15, 0.2) is 17.3 Å². The Bertz CT molecular complexity index is 1050. The first-order chi connectivity index (χ1) is 13.3. The maximum Gasteiger partial charge on any atom is 0.419 e. The Hall–Kier alpha value is -3.27. The van der Waals surface area contributed by atoms with Crippen LogP contribution in [0.25, 0.3) is 0 Å². The predicted octanol–water partition coefficient (Wildman–Crippen LogP) is 4.69. The van der Waals surface area contributed by atoms with Gasteiger partial charge in [-0.05, 0) is 18.6 Å². The first kappa shape index (κ1) is 19.5. The number of allylic oxidation sites excluding steroid dienone is 2. The van der Waals surface area contributed by atoms with Crippen LogP contribution in [0, 0.1) is 11.3 Å². The quantitative estimate of drug-likeness (QED) is 0.767. The number of rotatable bonds is 4. The average Bonchev–Trinajstić information content (AvgIpc) is 2.67. The summed E-state index contributed by atoms with van der Waals surface area (Å²) in [4.78, 5) is 29.6. The summed E-state index contributed by atoms with van der Waals surface area (Å²) in [5.74, 6) is -0.585. The molecule has 0 saturated carbocycles. The number of nitriles is 1. The third-order valence-corrected chi connectivity index (χ3v) is 4.55. The highest BCUT2D eigenvalue weighted by Crippen LogP contribution is 2.33. The van der Waals surface area contributed by atoms with E-state index in [2.05, 4.69) is 4.98 Å². The van der Waals surface area contributed by atoms with E-state index in [1.807, 2.05) is 6.92 Å². The number of halogens is 3. The van der Waals surface area contributed by atoms with Gasteiger partial charge in [0.05, 0.1) is 5.56 Å². The molecule has 1 aromatic heterocycles. The maximum absolute atomic E-state index is 13.0. The fourth-order valence-corrected chi connectivity index (χ4v) is 3.27. The molecule has 1 aliphatic rings. The minimum atomic E-state index is -4.70. The fourth-order valence-electron chi connectivity index (χ4n) is 3.27. The SMILES string of the molecule is CCCC1=C(Cc2ccc(C(F)(F)F)c(C#N)n2)C(=O)c2ccccc2C1=O. The molecule has 142 valence electrons. The molecular formula is C21H15F3N2O2. The van der Waals surface area contributed by atoms with Crippen molar-refractivity contribution in [3.05, 3.63) is 75.6 Å². The van der Waals surface area contributed by atoms with Crippen LogP contribution >= 0.6 is 0 Å². The minimum absolute atomic E-state index is 0.110. The summed E-state index contributed by atoms with van der Waals surface area (Å²) in [6.07, 6.45) is -3.80. The van der Waals surface area contributed by atoms with Crippen molar-refractivity contribution in [2.45, 2.75) is 32.4 Å². The van der Waals surface area contributed by atoms with Gasteiger partial charge in [-0.3, -0.25) is 9.59 Å². The van der Waals surface area contributed by atoms with Gasteiger partial charge in [-0.2, -0.15) is 18.4 Å². The number of benzene rings is 1. The number of Topliss-reactive ketones (excluding diaryl/α,β-unsaturated/α-hetero) is 2. The van der Waals surface area contributed by atoms with Crippen LogP contribution in [-0.4, -0.2) is 16.6 Å². The molecule has 0 saturated heterocycles. The second-order valence-corrected chi connectivity index (χ2v) is 6.40. The van der Waals surface area contributed by atoms with Gasteiger partial charge in [0.1, 0.15) is 6.07 Å². The Morgan fingerprint density at radius 3 is 2.14 bits per heavy atom. The van der Waals surface area contributed by atoms with E-state index in [0.717, 1.165) is 12.1 Å². The monoisotopic (exact) mass is 384 g/mol. The van der Waals surface area contributed by atoms with Crippen LogP contribution in [0.1, 0.15) is 57.4 Å². The largest absolute Gasteiger partial charge is 0.419 e. The Labute approximate surface area is 159 Å². The zero-order chi connectivity index (χ0) is 20.5. The second-order valence-electron chi connectivity index (χ2n) is 6.40. The summed E-state index contributed by atoms with van der Waals surface area (Å²) in [6, 6.07) is 9.84. The van der Waals surface area contributed by atoms with Gasteiger partial charge in [-0.15, -0.1) is 0 Å². The lowest BCUT2D eigenvalue weighted by atomic mass is 9.80. The summed E-state index contributed by atoms with van der Waals surface area (Å²) >= 11 is 0. The number of carbonyl (C=O) groups excluding carboxylic acids is 2. The molecule has 28 heavy (non-hydrogen) atoms. The first-order valence-corrected chi connectivity index (χ1v) is 8.65. The lowest BCUT2D eigenvalue weighted by molar-refractivity contribution is -0.138. The summed E-state index contributed by atoms with van der Waals surface area (Å²) in [6.45, 7) is 1.87. The van der Waals surface area contributed by atoms with Gasteiger partial charge in [0.25, 0.3) is 0 Å². The molecule has 0 fully saturated rings. The highest BCUT2D eigenvalue weighted by molar-refractivity contribution is 6.27. The van der Waals surface area contributed by atoms with Gasteiger partial charge < -0.3 is 0 Å². The van der Waals surface area contributed by atoms with Crippen molar-refractivity contribution in [1.29, 1.82) is 5.26 Å². The molecule has 1 heterocycles. The highest BCUT2D eigenvalue weighted by Gasteiger charge is 2.35. The molecule has 0 bridgehead atoms. The number of pyridine rings is 1. The first-order valence-electron chi connectivity index (χ1n) is 8.65. The van der Waals surface area contributed by atoms with Crippen molar-refractivity contribution in [3.63, 3.8) is 0 Å². The molecule has 0 unspecified atom stereocenters. The molecule has 0 radical (unpaired) electrons. The Kier molecular flexibility index (Phi) is 5.14. The molecule has 7 heteroatoms. The van der Waals surface area contributed by atoms with Crippen LogP contribution in [0.5, 0.6) is 0 Å².